The molecule has 4 heteroatoms. The zero-order valence-corrected chi connectivity index (χ0v) is 12.3. The summed E-state index contributed by atoms with van der Waals surface area (Å²) in [4.78, 5) is 11.0. The Bertz CT molecular complexity index is 642. The van der Waals surface area contributed by atoms with E-state index in [9.17, 15) is 4.79 Å². The summed E-state index contributed by atoms with van der Waals surface area (Å²) in [7, 11) is 0. The van der Waals surface area contributed by atoms with E-state index in [-0.39, 0.29) is 5.56 Å². The van der Waals surface area contributed by atoms with E-state index in [0.29, 0.717) is 16.4 Å². The Balaban J connectivity index is 1.68. The van der Waals surface area contributed by atoms with Crippen LogP contribution in [0.25, 0.3) is 0 Å². The molecule has 1 aliphatic rings. The molecule has 0 saturated heterocycles. The van der Waals surface area contributed by atoms with Crippen LogP contribution in [-0.2, 0) is 0 Å². The molecule has 0 radical (unpaired) electrons. The number of nitrogens with one attached hydrogen (secondary N) is 1. The van der Waals surface area contributed by atoms with Crippen LogP contribution in [-0.4, -0.2) is 17.1 Å². The molecule has 0 spiro atoms. The molecular weight excluding hydrogens is 318 g/mol. The summed E-state index contributed by atoms with van der Waals surface area (Å²) < 4.78 is 0.604. The van der Waals surface area contributed by atoms with Crippen molar-refractivity contribution in [2.75, 3.05) is 5.32 Å². The maximum Gasteiger partial charge on any atom is 0.336 e. The van der Waals surface area contributed by atoms with Crippen molar-refractivity contribution in [2.45, 2.75) is 18.4 Å². The van der Waals surface area contributed by atoms with Gasteiger partial charge in [-0.2, -0.15) is 0 Å². The summed E-state index contributed by atoms with van der Waals surface area (Å²) in [5.41, 5.74) is 2.59. The summed E-state index contributed by atoms with van der Waals surface area (Å²) in [5, 5.41) is 12.4. The van der Waals surface area contributed by atoms with Gasteiger partial charge < -0.3 is 10.4 Å². The van der Waals surface area contributed by atoms with Gasteiger partial charge in [0, 0.05) is 22.1 Å². The van der Waals surface area contributed by atoms with Crippen LogP contribution in [0, 0.1) is 0 Å². The second-order valence-electron chi connectivity index (χ2n) is 5.00. The first kappa shape index (κ1) is 13.2. The van der Waals surface area contributed by atoms with E-state index < -0.39 is 5.97 Å². The minimum absolute atomic E-state index is 0.283. The first-order valence-electron chi connectivity index (χ1n) is 6.49. The molecular formula is C16H14BrNO2. The van der Waals surface area contributed by atoms with Crippen LogP contribution in [0.2, 0.25) is 0 Å². The lowest BCUT2D eigenvalue weighted by molar-refractivity contribution is 0.0696. The van der Waals surface area contributed by atoms with Gasteiger partial charge in [0.25, 0.3) is 0 Å². The molecule has 3 rings (SSSR count). The van der Waals surface area contributed by atoms with Crippen LogP contribution in [0.5, 0.6) is 0 Å². The van der Waals surface area contributed by atoms with Gasteiger partial charge in [0.05, 0.1) is 5.56 Å². The highest BCUT2D eigenvalue weighted by molar-refractivity contribution is 9.10. The molecule has 0 aromatic heterocycles. The van der Waals surface area contributed by atoms with Crippen LogP contribution in [0.3, 0.4) is 0 Å². The molecule has 0 bridgehead atoms. The van der Waals surface area contributed by atoms with E-state index in [1.165, 1.54) is 5.56 Å². The van der Waals surface area contributed by atoms with E-state index in [2.05, 4.69) is 45.5 Å². The Labute approximate surface area is 125 Å². The number of aromatic carboxylic acids is 1. The molecule has 0 heterocycles. The van der Waals surface area contributed by atoms with Crippen LogP contribution < -0.4 is 5.32 Å². The first-order valence-corrected chi connectivity index (χ1v) is 7.29. The topological polar surface area (TPSA) is 49.3 Å². The lowest BCUT2D eigenvalue weighted by Gasteiger charge is -2.08. The maximum atomic E-state index is 11.0. The van der Waals surface area contributed by atoms with Crippen molar-refractivity contribution in [2.24, 2.45) is 0 Å². The second kappa shape index (κ2) is 5.29. The standard InChI is InChI=1S/C16H14BrNO2/c17-14-8-11(6-7-12(14)16(19)20)18-15-9-13(15)10-4-2-1-3-5-10/h1-8,13,15,18H,9H2,(H,19,20). The molecule has 1 saturated carbocycles. The normalized spacial score (nSPS) is 20.4. The molecule has 1 fully saturated rings. The lowest BCUT2D eigenvalue weighted by atomic mass is 10.1. The zero-order valence-electron chi connectivity index (χ0n) is 10.7. The van der Waals surface area contributed by atoms with Crippen molar-refractivity contribution in [3.63, 3.8) is 0 Å². The summed E-state index contributed by atoms with van der Waals surface area (Å²) in [6.45, 7) is 0. The number of anilines is 1. The zero-order chi connectivity index (χ0) is 14.1. The number of carboxylic acids is 1. The van der Waals surface area contributed by atoms with E-state index in [1.54, 1.807) is 6.07 Å². The van der Waals surface area contributed by atoms with Crippen molar-refractivity contribution >= 4 is 27.6 Å². The van der Waals surface area contributed by atoms with Crippen molar-refractivity contribution in [3.05, 3.63) is 64.1 Å². The summed E-state index contributed by atoms with van der Waals surface area (Å²) in [6, 6.07) is 16.1. The third kappa shape index (κ3) is 2.70. The largest absolute Gasteiger partial charge is 0.478 e. The highest BCUT2D eigenvalue weighted by Gasteiger charge is 2.38. The number of rotatable bonds is 4. The molecule has 2 aromatic rings. The Morgan fingerprint density at radius 1 is 1.20 bits per heavy atom. The molecule has 1 aliphatic carbocycles. The van der Waals surface area contributed by atoms with Gasteiger partial charge in [-0.25, -0.2) is 4.79 Å². The molecule has 0 aliphatic heterocycles. The van der Waals surface area contributed by atoms with Gasteiger partial charge >= 0.3 is 5.97 Å². The van der Waals surface area contributed by atoms with Crippen LogP contribution in [0.1, 0.15) is 28.3 Å². The molecule has 20 heavy (non-hydrogen) atoms. The fraction of sp³-hybridized carbons (Fsp3) is 0.188. The molecule has 2 aromatic carbocycles. The summed E-state index contributed by atoms with van der Waals surface area (Å²) >= 11 is 3.30. The number of carboxylic acid groups (broad SMARTS) is 1. The van der Waals surface area contributed by atoms with E-state index >= 15 is 0 Å². The molecule has 2 N–H and O–H groups in total. The van der Waals surface area contributed by atoms with E-state index in [4.69, 9.17) is 5.11 Å². The average molecular weight is 332 g/mol. The van der Waals surface area contributed by atoms with Crippen LogP contribution >= 0.6 is 15.9 Å². The number of hydrogen-bond acceptors (Lipinski definition) is 2. The molecule has 2 unspecified atom stereocenters. The van der Waals surface area contributed by atoms with Crippen LogP contribution in [0.15, 0.2) is 53.0 Å². The van der Waals surface area contributed by atoms with Crippen molar-refractivity contribution in [3.8, 4) is 0 Å². The highest BCUT2D eigenvalue weighted by atomic mass is 79.9. The lowest BCUT2D eigenvalue weighted by Crippen LogP contribution is -2.05. The van der Waals surface area contributed by atoms with Gasteiger partial charge in [-0.1, -0.05) is 30.3 Å². The Hall–Kier alpha value is -1.81. The van der Waals surface area contributed by atoms with Gasteiger partial charge in [-0.3, -0.25) is 0 Å². The molecule has 3 nitrogen and oxygen atoms in total. The highest BCUT2D eigenvalue weighted by Crippen LogP contribution is 2.42. The van der Waals surface area contributed by atoms with Crippen molar-refractivity contribution < 1.29 is 9.90 Å². The predicted molar refractivity (Wildman–Crippen MR) is 82.3 cm³/mol. The SMILES string of the molecule is O=C(O)c1ccc(NC2CC2c2ccccc2)cc1Br. The average Bonchev–Trinajstić information content (AvgIpc) is 3.18. The van der Waals surface area contributed by atoms with Gasteiger partial charge in [-0.05, 0) is 46.1 Å². The summed E-state index contributed by atoms with van der Waals surface area (Å²) in [6.07, 6.45) is 1.11. The van der Waals surface area contributed by atoms with E-state index in [0.717, 1.165) is 12.1 Å². The fourth-order valence-corrected chi connectivity index (χ4v) is 2.96. The summed E-state index contributed by atoms with van der Waals surface area (Å²) in [5.74, 6) is -0.369. The van der Waals surface area contributed by atoms with Gasteiger partial charge in [0.15, 0.2) is 0 Å². The number of carbonyl (C=O) groups is 1. The third-order valence-electron chi connectivity index (χ3n) is 3.57. The first-order chi connectivity index (χ1) is 9.65. The number of benzene rings is 2. The Morgan fingerprint density at radius 2 is 1.95 bits per heavy atom. The second-order valence-corrected chi connectivity index (χ2v) is 5.86. The minimum Gasteiger partial charge on any atom is -0.478 e. The smallest absolute Gasteiger partial charge is 0.336 e. The van der Waals surface area contributed by atoms with Gasteiger partial charge in [-0.15, -0.1) is 0 Å². The molecule has 0 amide bonds. The van der Waals surface area contributed by atoms with Crippen molar-refractivity contribution in [1.29, 1.82) is 0 Å². The fourth-order valence-electron chi connectivity index (χ4n) is 2.42. The Kier molecular flexibility index (Phi) is 3.49. The van der Waals surface area contributed by atoms with E-state index in [1.807, 2.05) is 18.2 Å². The van der Waals surface area contributed by atoms with Gasteiger partial charge in [0.2, 0.25) is 0 Å². The third-order valence-corrected chi connectivity index (χ3v) is 4.23. The number of halogens is 1. The quantitative estimate of drug-likeness (QED) is 0.886. The minimum atomic E-state index is -0.919. The maximum absolute atomic E-state index is 11.0. The van der Waals surface area contributed by atoms with Crippen LogP contribution in [0.4, 0.5) is 5.69 Å². The van der Waals surface area contributed by atoms with Gasteiger partial charge in [0.1, 0.15) is 0 Å². The molecule has 2 atom stereocenters. The molecule has 102 valence electrons. The predicted octanol–water partition coefficient (Wildman–Crippen LogP) is 4.12. The van der Waals surface area contributed by atoms with Crippen molar-refractivity contribution in [1.82, 2.24) is 0 Å². The Morgan fingerprint density at radius 3 is 2.60 bits per heavy atom. The number of hydrogen-bond donors (Lipinski definition) is 2. The monoisotopic (exact) mass is 331 g/mol.